The Labute approximate surface area is 149 Å². The Kier molecular flexibility index (Phi) is 8.61. The van der Waals surface area contributed by atoms with Gasteiger partial charge in [0.05, 0.1) is 5.69 Å². The van der Waals surface area contributed by atoms with E-state index in [-0.39, 0.29) is 15.6 Å². The van der Waals surface area contributed by atoms with Gasteiger partial charge in [-0.15, -0.1) is 0 Å². The quantitative estimate of drug-likeness (QED) is 0.189. The van der Waals surface area contributed by atoms with Crippen molar-refractivity contribution in [3.05, 3.63) is 28.8 Å². The van der Waals surface area contributed by atoms with Crippen molar-refractivity contribution in [3.63, 3.8) is 0 Å². The van der Waals surface area contributed by atoms with Gasteiger partial charge >= 0.3 is 0 Å². The Bertz CT molecular complexity index is 505. The Morgan fingerprint density at radius 3 is 2.23 bits per heavy atom. The van der Waals surface area contributed by atoms with E-state index in [1.807, 2.05) is 0 Å². The van der Waals surface area contributed by atoms with Crippen molar-refractivity contribution in [3.8, 4) is 0 Å². The highest BCUT2D eigenvalue weighted by Gasteiger charge is 2.27. The average Bonchev–Trinajstić information content (AvgIpc) is 2.49. The van der Waals surface area contributed by atoms with Crippen LogP contribution in [0, 0.1) is 11.6 Å². The summed E-state index contributed by atoms with van der Waals surface area (Å²) < 4.78 is 27.4. The number of amides is 1. The summed E-state index contributed by atoms with van der Waals surface area (Å²) >= 11 is 7.30. The summed E-state index contributed by atoms with van der Waals surface area (Å²) in [6.45, 7) is 4.14. The highest BCUT2D eigenvalue weighted by Crippen LogP contribution is 2.32. The second-order valence-corrected chi connectivity index (χ2v) is 6.56. The fourth-order valence-corrected chi connectivity index (χ4v) is 3.23. The lowest BCUT2D eigenvalue weighted by Gasteiger charge is -2.31. The van der Waals surface area contributed by atoms with Crippen LogP contribution >= 0.6 is 34.2 Å². The molecule has 0 spiro atoms. The van der Waals surface area contributed by atoms with Gasteiger partial charge in [-0.05, 0) is 25.0 Å². The third-order valence-electron chi connectivity index (χ3n) is 3.61. The average molecular weight is 444 g/mol. The largest absolute Gasteiger partial charge is 0.298 e. The first-order valence-electron chi connectivity index (χ1n) is 7.56. The number of benzene rings is 1. The molecule has 0 saturated heterocycles. The van der Waals surface area contributed by atoms with Gasteiger partial charge in [-0.3, -0.25) is 9.69 Å². The molecule has 0 heterocycles. The molecule has 0 aromatic heterocycles. The van der Waals surface area contributed by atoms with Gasteiger partial charge < -0.3 is 0 Å². The molecule has 1 aromatic rings. The van der Waals surface area contributed by atoms with Crippen LogP contribution in [0.3, 0.4) is 0 Å². The second kappa shape index (κ2) is 9.65. The highest BCUT2D eigenvalue weighted by molar-refractivity contribution is 14.1. The minimum atomic E-state index is -0.871. The molecule has 0 radical (unpaired) electrons. The summed E-state index contributed by atoms with van der Waals surface area (Å²) in [7, 11) is 0. The van der Waals surface area contributed by atoms with E-state index in [1.165, 1.54) is 11.0 Å². The zero-order chi connectivity index (χ0) is 16.7. The van der Waals surface area contributed by atoms with Crippen LogP contribution in [0.2, 0.25) is 5.02 Å². The molecule has 0 atom stereocenters. The van der Waals surface area contributed by atoms with E-state index < -0.39 is 16.7 Å². The molecule has 1 amide bonds. The van der Waals surface area contributed by atoms with Crippen LogP contribution in [0.5, 0.6) is 0 Å². The smallest absolute Gasteiger partial charge is 0.287 e. The van der Waals surface area contributed by atoms with Gasteiger partial charge in [-0.2, -0.15) is 0 Å². The topological polar surface area (TPSA) is 20.3 Å². The van der Waals surface area contributed by atoms with E-state index >= 15 is 0 Å². The van der Waals surface area contributed by atoms with Crippen LogP contribution in [-0.2, 0) is 0 Å². The van der Waals surface area contributed by atoms with Crippen molar-refractivity contribution in [1.29, 1.82) is 0 Å². The molecule has 0 bridgehead atoms. The zero-order valence-corrected chi connectivity index (χ0v) is 15.8. The molecule has 1 rings (SSSR count). The van der Waals surface area contributed by atoms with Gasteiger partial charge in [-0.25, -0.2) is 8.78 Å². The normalized spacial score (nSPS) is 11.0. The van der Waals surface area contributed by atoms with Crippen molar-refractivity contribution in [2.45, 2.75) is 58.4 Å². The standard InChI is InChI=1S/C16H21ClF2INO/c1-3-5-7-11(8-6-4-2)21(16(20)22)13-10-9-12(18)14(17)15(13)19/h9-11H,3-8H2,1-2H3. The number of hydrogen-bond acceptors (Lipinski definition) is 1. The van der Waals surface area contributed by atoms with E-state index in [0.29, 0.717) is 0 Å². The molecule has 0 aliphatic rings. The monoisotopic (exact) mass is 443 g/mol. The van der Waals surface area contributed by atoms with Gasteiger partial charge in [0.15, 0.2) is 5.82 Å². The molecular weight excluding hydrogens is 423 g/mol. The van der Waals surface area contributed by atoms with E-state index in [1.54, 1.807) is 22.6 Å². The maximum atomic E-state index is 14.3. The summed E-state index contributed by atoms with van der Waals surface area (Å²) in [5.41, 5.74) is 0.0583. The van der Waals surface area contributed by atoms with Crippen LogP contribution in [0.1, 0.15) is 52.4 Å². The van der Waals surface area contributed by atoms with Gasteiger partial charge in [0, 0.05) is 28.6 Å². The molecule has 1 aromatic carbocycles. The Morgan fingerprint density at radius 1 is 1.23 bits per heavy atom. The van der Waals surface area contributed by atoms with Gasteiger partial charge in [-0.1, -0.05) is 51.1 Å². The molecule has 0 aliphatic heterocycles. The first-order valence-corrected chi connectivity index (χ1v) is 9.01. The van der Waals surface area contributed by atoms with Crippen molar-refractivity contribution in [2.75, 3.05) is 4.90 Å². The minimum Gasteiger partial charge on any atom is -0.298 e. The molecule has 0 N–H and O–H groups in total. The summed E-state index contributed by atoms with van der Waals surface area (Å²) in [6, 6.07) is 2.29. The molecule has 2 nitrogen and oxygen atoms in total. The number of carbonyl (C=O) groups is 1. The molecule has 0 unspecified atom stereocenters. The number of rotatable bonds is 8. The Hall–Kier alpha value is -0.430. The van der Waals surface area contributed by atoms with Gasteiger partial charge in [0.25, 0.3) is 3.91 Å². The van der Waals surface area contributed by atoms with Crippen LogP contribution in [0.15, 0.2) is 12.1 Å². The SMILES string of the molecule is CCCCC(CCCC)N(C(=O)I)c1ccc(F)c(Cl)c1F. The Morgan fingerprint density at radius 2 is 1.77 bits per heavy atom. The lowest BCUT2D eigenvalue weighted by molar-refractivity contribution is 0.263. The van der Waals surface area contributed by atoms with E-state index in [2.05, 4.69) is 13.8 Å². The number of hydrogen-bond donors (Lipinski definition) is 0. The molecule has 0 saturated carbocycles. The van der Waals surface area contributed by atoms with Crippen LogP contribution < -0.4 is 4.90 Å². The summed E-state index contributed by atoms with van der Waals surface area (Å²) in [5.74, 6) is -1.69. The maximum absolute atomic E-state index is 14.3. The van der Waals surface area contributed by atoms with E-state index in [0.717, 1.165) is 44.6 Å². The van der Waals surface area contributed by atoms with Crippen LogP contribution in [0.4, 0.5) is 19.3 Å². The second-order valence-electron chi connectivity index (χ2n) is 5.26. The van der Waals surface area contributed by atoms with Gasteiger partial charge in [0.1, 0.15) is 10.8 Å². The number of unbranched alkanes of at least 4 members (excludes halogenated alkanes) is 2. The lowest BCUT2D eigenvalue weighted by atomic mass is 10.0. The molecular formula is C16H21ClF2INO. The van der Waals surface area contributed by atoms with Crippen LogP contribution in [0.25, 0.3) is 0 Å². The third-order valence-corrected chi connectivity index (χ3v) is 4.48. The molecule has 0 aliphatic carbocycles. The maximum Gasteiger partial charge on any atom is 0.287 e. The van der Waals surface area contributed by atoms with Gasteiger partial charge in [0.2, 0.25) is 0 Å². The van der Waals surface area contributed by atoms with Crippen molar-refractivity contribution < 1.29 is 13.6 Å². The van der Waals surface area contributed by atoms with Crippen molar-refractivity contribution >= 4 is 43.8 Å². The van der Waals surface area contributed by atoms with Crippen molar-refractivity contribution in [1.82, 2.24) is 0 Å². The summed E-state index contributed by atoms with van der Waals surface area (Å²) in [5, 5.41) is -0.565. The fourth-order valence-electron chi connectivity index (χ4n) is 2.42. The predicted molar refractivity (Wildman–Crippen MR) is 96.1 cm³/mol. The Balaban J connectivity index is 3.18. The highest BCUT2D eigenvalue weighted by atomic mass is 127. The number of anilines is 1. The minimum absolute atomic E-state index is 0.0583. The first-order chi connectivity index (χ1) is 10.4. The third kappa shape index (κ3) is 5.05. The lowest BCUT2D eigenvalue weighted by Crippen LogP contribution is -2.38. The zero-order valence-electron chi connectivity index (χ0n) is 12.8. The van der Waals surface area contributed by atoms with E-state index in [4.69, 9.17) is 11.6 Å². The predicted octanol–water partition coefficient (Wildman–Crippen LogP) is 6.73. The summed E-state index contributed by atoms with van der Waals surface area (Å²) in [6.07, 6.45) is 5.48. The summed E-state index contributed by atoms with van der Waals surface area (Å²) in [4.78, 5) is 13.5. The van der Waals surface area contributed by atoms with Crippen molar-refractivity contribution in [2.24, 2.45) is 0 Å². The molecule has 0 fully saturated rings. The number of carbonyl (C=O) groups excluding carboxylic acids is 1. The molecule has 124 valence electrons. The number of halogens is 4. The van der Waals surface area contributed by atoms with Crippen LogP contribution in [-0.4, -0.2) is 9.96 Å². The molecule has 6 heteroatoms. The van der Waals surface area contributed by atoms with E-state index in [9.17, 15) is 13.6 Å². The first kappa shape index (κ1) is 19.6. The molecule has 22 heavy (non-hydrogen) atoms. The fraction of sp³-hybridized carbons (Fsp3) is 0.562. The number of nitrogens with zero attached hydrogens (tertiary/aromatic N) is 1.